The van der Waals surface area contributed by atoms with Gasteiger partial charge in [0, 0.05) is 21.2 Å². The number of thiazole rings is 1. The van der Waals surface area contributed by atoms with Gasteiger partial charge in [0.1, 0.15) is 10.0 Å². The minimum Gasteiger partial charge on any atom is -0.230 e. The van der Waals surface area contributed by atoms with Crippen LogP contribution in [0, 0.1) is 0 Å². The Morgan fingerprint density at radius 2 is 1.75 bits per heavy atom. The fourth-order valence-corrected chi connectivity index (χ4v) is 3.87. The molecule has 0 spiro atoms. The number of hydrogen-bond acceptors (Lipinski definition) is 3. The van der Waals surface area contributed by atoms with Crippen LogP contribution in [0.2, 0.25) is 0 Å². The van der Waals surface area contributed by atoms with Gasteiger partial charge < -0.3 is 0 Å². The third kappa shape index (κ3) is 3.51. The molecule has 3 aromatic rings. The predicted octanol–water partition coefficient (Wildman–Crippen LogP) is 5.86. The summed E-state index contributed by atoms with van der Waals surface area (Å²) < 4.78 is 1.09. The quantitative estimate of drug-likeness (QED) is 0.539. The summed E-state index contributed by atoms with van der Waals surface area (Å²) in [5.74, 6) is 0.963. The molecule has 0 bridgehead atoms. The van der Waals surface area contributed by atoms with Crippen LogP contribution >= 0.6 is 39.0 Å². The molecule has 3 rings (SSSR count). The molecule has 0 unspecified atom stereocenters. The Morgan fingerprint density at radius 1 is 1.00 bits per heavy atom. The molecule has 0 aliphatic heterocycles. The van der Waals surface area contributed by atoms with Gasteiger partial charge in [-0.3, -0.25) is 0 Å². The van der Waals surface area contributed by atoms with Crippen LogP contribution in [0.25, 0.3) is 10.6 Å². The van der Waals surface area contributed by atoms with Crippen molar-refractivity contribution in [2.75, 3.05) is 0 Å². The Bertz CT molecular complexity index is 677. The van der Waals surface area contributed by atoms with Gasteiger partial charge in [-0.15, -0.1) is 23.1 Å². The molecular weight excluding hydrogens is 350 g/mol. The molecule has 0 atom stereocenters. The van der Waals surface area contributed by atoms with Crippen molar-refractivity contribution in [1.29, 1.82) is 0 Å². The SMILES string of the molecule is Brc1ccc(-c2nc(SCc3ccccc3)cs2)cc1. The van der Waals surface area contributed by atoms with Crippen molar-refractivity contribution in [1.82, 2.24) is 4.98 Å². The van der Waals surface area contributed by atoms with Crippen LogP contribution in [0.3, 0.4) is 0 Å². The Morgan fingerprint density at radius 3 is 2.50 bits per heavy atom. The minimum absolute atomic E-state index is 0.963. The van der Waals surface area contributed by atoms with Crippen molar-refractivity contribution >= 4 is 39.0 Å². The topological polar surface area (TPSA) is 12.9 Å². The maximum atomic E-state index is 4.69. The lowest BCUT2D eigenvalue weighted by molar-refractivity contribution is 1.20. The van der Waals surface area contributed by atoms with E-state index in [0.29, 0.717) is 0 Å². The normalized spacial score (nSPS) is 10.7. The van der Waals surface area contributed by atoms with Gasteiger partial charge in [0.25, 0.3) is 0 Å². The zero-order valence-corrected chi connectivity index (χ0v) is 13.8. The van der Waals surface area contributed by atoms with E-state index < -0.39 is 0 Å². The van der Waals surface area contributed by atoms with E-state index in [9.17, 15) is 0 Å². The Hall–Kier alpha value is -1.10. The maximum Gasteiger partial charge on any atom is 0.124 e. The van der Waals surface area contributed by atoms with E-state index in [1.54, 1.807) is 23.1 Å². The first-order valence-corrected chi connectivity index (χ1v) is 8.85. The maximum absolute atomic E-state index is 4.69. The number of thioether (sulfide) groups is 1. The molecule has 0 fully saturated rings. The minimum atomic E-state index is 0.963. The second-order valence-electron chi connectivity index (χ2n) is 4.27. The first-order chi connectivity index (χ1) is 9.81. The van der Waals surface area contributed by atoms with E-state index in [-0.39, 0.29) is 0 Å². The number of halogens is 1. The monoisotopic (exact) mass is 361 g/mol. The summed E-state index contributed by atoms with van der Waals surface area (Å²) in [6.07, 6.45) is 0. The Labute approximate surface area is 135 Å². The molecule has 1 aromatic heterocycles. The fourth-order valence-electron chi connectivity index (χ4n) is 1.78. The van der Waals surface area contributed by atoms with Gasteiger partial charge >= 0.3 is 0 Å². The molecule has 0 aliphatic carbocycles. The highest BCUT2D eigenvalue weighted by atomic mass is 79.9. The van der Waals surface area contributed by atoms with Gasteiger partial charge in [0.05, 0.1) is 0 Å². The van der Waals surface area contributed by atoms with E-state index in [1.165, 1.54) is 11.1 Å². The lowest BCUT2D eigenvalue weighted by Crippen LogP contribution is -1.80. The fraction of sp³-hybridized carbons (Fsp3) is 0.0625. The highest BCUT2D eigenvalue weighted by Crippen LogP contribution is 2.30. The van der Waals surface area contributed by atoms with Gasteiger partial charge in [-0.05, 0) is 17.7 Å². The lowest BCUT2D eigenvalue weighted by Gasteiger charge is -1.98. The van der Waals surface area contributed by atoms with Crippen LogP contribution in [0.4, 0.5) is 0 Å². The highest BCUT2D eigenvalue weighted by molar-refractivity contribution is 9.10. The molecule has 0 amide bonds. The zero-order chi connectivity index (χ0) is 13.8. The van der Waals surface area contributed by atoms with E-state index in [1.807, 2.05) is 18.2 Å². The molecule has 0 aliphatic rings. The standard InChI is InChI=1S/C16H12BrNS2/c17-14-8-6-13(7-9-14)16-18-15(11-20-16)19-10-12-4-2-1-3-5-12/h1-9,11H,10H2. The number of nitrogens with zero attached hydrogens (tertiary/aromatic N) is 1. The number of aromatic nitrogens is 1. The predicted molar refractivity (Wildman–Crippen MR) is 91.3 cm³/mol. The number of hydrogen-bond donors (Lipinski definition) is 0. The van der Waals surface area contributed by atoms with Crippen LogP contribution < -0.4 is 0 Å². The van der Waals surface area contributed by atoms with Crippen molar-refractivity contribution in [2.45, 2.75) is 10.8 Å². The van der Waals surface area contributed by atoms with Gasteiger partial charge in [0.15, 0.2) is 0 Å². The van der Waals surface area contributed by atoms with Crippen molar-refractivity contribution in [3.05, 3.63) is 70.0 Å². The van der Waals surface area contributed by atoms with Gasteiger partial charge in [-0.25, -0.2) is 4.98 Å². The molecule has 1 nitrogen and oxygen atoms in total. The second-order valence-corrected chi connectivity index (χ2v) is 7.04. The van der Waals surface area contributed by atoms with E-state index in [4.69, 9.17) is 4.98 Å². The largest absolute Gasteiger partial charge is 0.230 e. The van der Waals surface area contributed by atoms with Crippen LogP contribution in [0.5, 0.6) is 0 Å². The first kappa shape index (κ1) is 13.9. The van der Waals surface area contributed by atoms with Crippen molar-refractivity contribution < 1.29 is 0 Å². The molecule has 0 radical (unpaired) electrons. The van der Waals surface area contributed by atoms with Crippen LogP contribution in [-0.2, 0) is 5.75 Å². The molecule has 0 N–H and O–H groups in total. The molecule has 0 saturated heterocycles. The van der Waals surface area contributed by atoms with Crippen LogP contribution in [0.1, 0.15) is 5.56 Å². The smallest absolute Gasteiger partial charge is 0.124 e. The highest BCUT2D eigenvalue weighted by Gasteiger charge is 2.05. The molecule has 1 heterocycles. The van der Waals surface area contributed by atoms with Gasteiger partial charge in [-0.2, -0.15) is 0 Å². The average molecular weight is 362 g/mol. The summed E-state index contributed by atoms with van der Waals surface area (Å²) in [5, 5.41) is 4.30. The van der Waals surface area contributed by atoms with Crippen LogP contribution in [0.15, 0.2) is 69.5 Å². The lowest BCUT2D eigenvalue weighted by atomic mass is 10.2. The molecule has 20 heavy (non-hydrogen) atoms. The molecule has 0 saturated carbocycles. The summed E-state index contributed by atoms with van der Waals surface area (Å²) in [4.78, 5) is 4.69. The van der Waals surface area contributed by atoms with E-state index in [0.717, 1.165) is 20.3 Å². The Balaban J connectivity index is 1.69. The summed E-state index contributed by atoms with van der Waals surface area (Å²) in [6.45, 7) is 0. The third-order valence-electron chi connectivity index (χ3n) is 2.80. The number of benzene rings is 2. The van der Waals surface area contributed by atoms with E-state index in [2.05, 4.69) is 57.7 Å². The van der Waals surface area contributed by atoms with Gasteiger partial charge in [0.2, 0.25) is 0 Å². The molecule has 4 heteroatoms. The van der Waals surface area contributed by atoms with Crippen molar-refractivity contribution in [3.8, 4) is 10.6 Å². The summed E-state index contributed by atoms with van der Waals surface area (Å²) in [6, 6.07) is 18.8. The summed E-state index contributed by atoms with van der Waals surface area (Å²) in [7, 11) is 0. The zero-order valence-electron chi connectivity index (χ0n) is 10.6. The van der Waals surface area contributed by atoms with E-state index >= 15 is 0 Å². The molecule has 100 valence electrons. The molecular formula is C16H12BrNS2. The molecule has 2 aromatic carbocycles. The number of rotatable bonds is 4. The first-order valence-electron chi connectivity index (χ1n) is 6.19. The van der Waals surface area contributed by atoms with Crippen LogP contribution in [-0.4, -0.2) is 4.98 Å². The Kier molecular flexibility index (Phi) is 4.55. The van der Waals surface area contributed by atoms with Crippen molar-refractivity contribution in [3.63, 3.8) is 0 Å². The third-order valence-corrected chi connectivity index (χ3v) is 5.36. The summed E-state index contributed by atoms with van der Waals surface area (Å²) in [5.41, 5.74) is 2.50. The second kappa shape index (κ2) is 6.57. The van der Waals surface area contributed by atoms with Crippen molar-refractivity contribution in [2.24, 2.45) is 0 Å². The average Bonchev–Trinajstić information content (AvgIpc) is 2.96. The summed E-state index contributed by atoms with van der Waals surface area (Å²) >= 11 is 6.93. The van der Waals surface area contributed by atoms with Gasteiger partial charge in [-0.1, -0.05) is 58.4 Å².